The van der Waals surface area contributed by atoms with Gasteiger partial charge in [-0.1, -0.05) is 127 Å². The zero-order chi connectivity index (χ0) is 26.2. The molecule has 190 valence electrons. The van der Waals surface area contributed by atoms with Crippen LogP contribution in [0.3, 0.4) is 0 Å². The Labute approximate surface area is 225 Å². The average Bonchev–Trinajstić information content (AvgIpc) is 3.34. The summed E-state index contributed by atoms with van der Waals surface area (Å²) in [6, 6.07) is 41.1. The highest BCUT2D eigenvalue weighted by molar-refractivity contribution is 5.88. The topological polar surface area (TPSA) is 29.5 Å². The molecule has 0 unspecified atom stereocenters. The van der Waals surface area contributed by atoms with Crippen LogP contribution in [0.25, 0.3) is 0 Å². The predicted octanol–water partition coefficient (Wildman–Crippen LogP) is 7.46. The minimum absolute atomic E-state index is 0.131. The summed E-state index contributed by atoms with van der Waals surface area (Å²) in [5.74, 6) is 0.131. The normalized spacial score (nSPS) is 25.8. The Hall–Kier alpha value is -3.95. The van der Waals surface area contributed by atoms with Crippen LogP contribution in [0.1, 0.15) is 48.1 Å². The van der Waals surface area contributed by atoms with Crippen LogP contribution in [0.2, 0.25) is 0 Å². The van der Waals surface area contributed by atoms with E-state index in [0.29, 0.717) is 19.3 Å². The largest absolute Gasteiger partial charge is 0.337 e. The maximum absolute atomic E-state index is 14.8. The first-order valence-electron chi connectivity index (χ1n) is 13.4. The van der Waals surface area contributed by atoms with Crippen molar-refractivity contribution in [1.29, 1.82) is 0 Å². The van der Waals surface area contributed by atoms with Gasteiger partial charge < -0.3 is 9.64 Å². The van der Waals surface area contributed by atoms with Gasteiger partial charge in [0.25, 0.3) is 0 Å². The third-order valence-electron chi connectivity index (χ3n) is 8.31. The lowest BCUT2D eigenvalue weighted by Gasteiger charge is -2.39. The van der Waals surface area contributed by atoms with E-state index in [1.165, 1.54) is 0 Å². The number of carbonyl (C=O) groups excluding carboxylic acids is 1. The Kier molecular flexibility index (Phi) is 6.04. The third-order valence-corrected chi connectivity index (χ3v) is 8.31. The molecule has 1 amide bonds. The second-order valence-electron chi connectivity index (χ2n) is 10.8. The molecule has 3 heteroatoms. The highest BCUT2D eigenvalue weighted by Gasteiger charge is 2.70. The Bertz CT molecular complexity index is 1380. The first kappa shape index (κ1) is 24.4. The van der Waals surface area contributed by atoms with E-state index in [4.69, 9.17) is 4.74 Å². The van der Waals surface area contributed by atoms with E-state index in [9.17, 15) is 4.79 Å². The molecule has 6 rings (SSSR count). The van der Waals surface area contributed by atoms with E-state index in [-0.39, 0.29) is 11.9 Å². The van der Waals surface area contributed by atoms with Crippen LogP contribution in [0.5, 0.6) is 0 Å². The molecule has 4 aromatic carbocycles. The highest BCUT2D eigenvalue weighted by Crippen LogP contribution is 2.64. The van der Waals surface area contributed by atoms with Crippen LogP contribution in [0, 0.1) is 5.41 Å². The molecule has 0 radical (unpaired) electrons. The van der Waals surface area contributed by atoms with Gasteiger partial charge in [-0.25, -0.2) is 0 Å². The lowest BCUT2D eigenvalue weighted by molar-refractivity contribution is -0.142. The smallest absolute Gasteiger partial charge is 0.232 e. The molecule has 4 aromatic rings. The molecule has 2 fully saturated rings. The molecule has 2 aliphatic rings. The fourth-order valence-corrected chi connectivity index (χ4v) is 6.94. The molecule has 0 saturated carbocycles. The quantitative estimate of drug-likeness (QED) is 0.247. The van der Waals surface area contributed by atoms with E-state index in [2.05, 4.69) is 91.2 Å². The number of rotatable bonds is 7. The van der Waals surface area contributed by atoms with Crippen molar-refractivity contribution in [3.05, 3.63) is 156 Å². The Morgan fingerprint density at radius 1 is 0.816 bits per heavy atom. The van der Waals surface area contributed by atoms with Crippen molar-refractivity contribution in [1.82, 2.24) is 4.90 Å². The van der Waals surface area contributed by atoms with Crippen LogP contribution in [0.4, 0.5) is 0 Å². The SMILES string of the molecule is C=CC[C@@]1(Cc2ccccc2)C[C@@]2(C)OC(c3ccccc3)(c3ccccc3)[C@H](c3ccccc3)N2C1=O. The second-order valence-corrected chi connectivity index (χ2v) is 10.8. The Balaban J connectivity index is 1.57. The summed E-state index contributed by atoms with van der Waals surface area (Å²) in [5, 5.41) is 0. The van der Waals surface area contributed by atoms with Gasteiger partial charge in [-0.05, 0) is 42.0 Å². The molecule has 0 aliphatic carbocycles. The fourth-order valence-electron chi connectivity index (χ4n) is 6.94. The van der Waals surface area contributed by atoms with Crippen molar-refractivity contribution >= 4 is 5.91 Å². The monoisotopic (exact) mass is 499 g/mol. The summed E-state index contributed by atoms with van der Waals surface area (Å²) < 4.78 is 7.38. The summed E-state index contributed by atoms with van der Waals surface area (Å²) in [6.45, 7) is 6.15. The van der Waals surface area contributed by atoms with Gasteiger partial charge in [-0.2, -0.15) is 0 Å². The molecule has 0 aromatic heterocycles. The molecule has 2 heterocycles. The maximum Gasteiger partial charge on any atom is 0.232 e. The molecule has 0 bridgehead atoms. The van der Waals surface area contributed by atoms with Gasteiger partial charge in [-0.15, -0.1) is 6.58 Å². The van der Waals surface area contributed by atoms with Crippen molar-refractivity contribution in [3.8, 4) is 0 Å². The summed E-state index contributed by atoms with van der Waals surface area (Å²) in [7, 11) is 0. The van der Waals surface area contributed by atoms with Crippen LogP contribution >= 0.6 is 0 Å². The standard InChI is InChI=1S/C35H33NO2/c1-3-24-34(25-27-16-8-4-9-17-27)26-33(2)36(32(34)37)31(28-18-10-5-11-19-28)35(38-33,29-20-12-6-13-21-29)30-22-14-7-15-23-30/h3-23,31H,1,24-26H2,2H3/t31-,33+,34+/m0/s1. The summed E-state index contributed by atoms with van der Waals surface area (Å²) in [4.78, 5) is 16.9. The number of allylic oxidation sites excluding steroid dienone is 1. The van der Waals surface area contributed by atoms with Crippen LogP contribution in [-0.4, -0.2) is 16.5 Å². The van der Waals surface area contributed by atoms with Crippen molar-refractivity contribution in [2.75, 3.05) is 0 Å². The molecule has 0 N–H and O–H groups in total. The Morgan fingerprint density at radius 3 is 1.84 bits per heavy atom. The van der Waals surface area contributed by atoms with Crippen molar-refractivity contribution < 1.29 is 9.53 Å². The van der Waals surface area contributed by atoms with Gasteiger partial charge in [-0.3, -0.25) is 4.79 Å². The zero-order valence-corrected chi connectivity index (χ0v) is 21.8. The van der Waals surface area contributed by atoms with Gasteiger partial charge in [0.15, 0.2) is 0 Å². The van der Waals surface area contributed by atoms with Gasteiger partial charge in [0, 0.05) is 6.42 Å². The second kappa shape index (κ2) is 9.41. The zero-order valence-electron chi connectivity index (χ0n) is 21.8. The van der Waals surface area contributed by atoms with E-state index < -0.39 is 16.7 Å². The summed E-state index contributed by atoms with van der Waals surface area (Å²) in [5.41, 5.74) is 2.02. The number of ether oxygens (including phenoxy) is 1. The number of benzene rings is 4. The van der Waals surface area contributed by atoms with E-state index >= 15 is 0 Å². The van der Waals surface area contributed by atoms with E-state index in [1.807, 2.05) is 54.6 Å². The number of fused-ring (bicyclic) bond motifs is 1. The van der Waals surface area contributed by atoms with Crippen LogP contribution in [0.15, 0.2) is 134 Å². The van der Waals surface area contributed by atoms with Gasteiger partial charge in [0.2, 0.25) is 5.91 Å². The summed E-state index contributed by atoms with van der Waals surface area (Å²) >= 11 is 0. The van der Waals surface area contributed by atoms with Gasteiger partial charge in [0.1, 0.15) is 11.3 Å². The molecule has 2 aliphatic heterocycles. The van der Waals surface area contributed by atoms with Crippen molar-refractivity contribution in [3.63, 3.8) is 0 Å². The number of hydrogen-bond acceptors (Lipinski definition) is 2. The average molecular weight is 500 g/mol. The predicted molar refractivity (Wildman–Crippen MR) is 151 cm³/mol. The van der Waals surface area contributed by atoms with E-state index in [0.717, 1.165) is 22.3 Å². The minimum atomic E-state index is -0.860. The highest BCUT2D eigenvalue weighted by atomic mass is 16.6. The molecule has 38 heavy (non-hydrogen) atoms. The molecule has 3 nitrogen and oxygen atoms in total. The number of amides is 1. The first-order valence-corrected chi connectivity index (χ1v) is 13.4. The van der Waals surface area contributed by atoms with Crippen molar-refractivity contribution in [2.24, 2.45) is 5.41 Å². The first-order chi connectivity index (χ1) is 18.5. The van der Waals surface area contributed by atoms with Crippen LogP contribution in [-0.2, 0) is 21.6 Å². The van der Waals surface area contributed by atoms with Gasteiger partial charge >= 0.3 is 0 Å². The third kappa shape index (κ3) is 3.73. The number of carbonyl (C=O) groups is 1. The lowest BCUT2D eigenvalue weighted by Crippen LogP contribution is -2.44. The van der Waals surface area contributed by atoms with Gasteiger partial charge in [0.05, 0.1) is 11.5 Å². The lowest BCUT2D eigenvalue weighted by atomic mass is 9.74. The molecule has 3 atom stereocenters. The number of hydrogen-bond donors (Lipinski definition) is 0. The molecule has 2 saturated heterocycles. The molecular weight excluding hydrogens is 466 g/mol. The van der Waals surface area contributed by atoms with E-state index in [1.54, 1.807) is 0 Å². The fraction of sp³-hybridized carbons (Fsp3) is 0.229. The number of nitrogens with zero attached hydrogens (tertiary/aromatic N) is 1. The summed E-state index contributed by atoms with van der Waals surface area (Å²) in [6.07, 6.45) is 3.73. The molecular formula is C35H33NO2. The maximum atomic E-state index is 14.8. The minimum Gasteiger partial charge on any atom is -0.337 e. The molecule has 0 spiro atoms. The van der Waals surface area contributed by atoms with Crippen molar-refractivity contribution in [2.45, 2.75) is 43.6 Å². The Morgan fingerprint density at radius 2 is 1.32 bits per heavy atom. The van der Waals surface area contributed by atoms with Crippen LogP contribution < -0.4 is 0 Å².